The molecule has 3 N–H and O–H groups in total. The molecule has 0 bridgehead atoms. The number of nitrogens with zero attached hydrogens (tertiary/aromatic N) is 1. The second-order valence-corrected chi connectivity index (χ2v) is 6.14. The first-order valence-electron chi connectivity index (χ1n) is 8.84. The fourth-order valence-corrected chi connectivity index (χ4v) is 2.54. The molecule has 0 radical (unpaired) electrons. The molecule has 0 unspecified atom stereocenters. The Balaban J connectivity index is 1.60. The number of ether oxygens (including phenoxy) is 1. The number of anilines is 1. The molecule has 0 fully saturated rings. The molecule has 2 amide bonds. The maximum atomic E-state index is 12.9. The van der Waals surface area contributed by atoms with Crippen molar-refractivity contribution in [1.82, 2.24) is 5.43 Å². The number of phenolic OH excluding ortho intramolecular Hbond substituents is 1. The molecule has 0 atom stereocenters. The number of methoxy groups -OCH3 is 1. The van der Waals surface area contributed by atoms with E-state index in [-0.39, 0.29) is 5.75 Å². The Morgan fingerprint density at radius 2 is 1.60 bits per heavy atom. The predicted octanol–water partition coefficient (Wildman–Crippen LogP) is 3.56. The third kappa shape index (κ3) is 4.99. The fraction of sp³-hybridized carbons (Fsp3) is 0.0455. The molecule has 3 aromatic rings. The molecule has 0 aliphatic rings. The first-order valence-corrected chi connectivity index (χ1v) is 8.84. The molecular formula is C22H18FN3O4. The molecule has 0 saturated carbocycles. The zero-order chi connectivity index (χ0) is 21.5. The summed E-state index contributed by atoms with van der Waals surface area (Å²) < 4.78 is 17.9. The van der Waals surface area contributed by atoms with Gasteiger partial charge in [-0.1, -0.05) is 6.07 Å². The van der Waals surface area contributed by atoms with Crippen molar-refractivity contribution in [3.05, 3.63) is 89.2 Å². The summed E-state index contributed by atoms with van der Waals surface area (Å²) in [5.41, 5.74) is 3.85. The highest BCUT2D eigenvalue weighted by molar-refractivity contribution is 6.04. The molecule has 0 aromatic heterocycles. The van der Waals surface area contributed by atoms with Gasteiger partial charge in [-0.05, 0) is 60.7 Å². The number of carbonyl (C=O) groups is 2. The number of carbonyl (C=O) groups excluding carboxylic acids is 2. The van der Waals surface area contributed by atoms with Gasteiger partial charge in [0.05, 0.1) is 13.3 Å². The van der Waals surface area contributed by atoms with Gasteiger partial charge in [0.2, 0.25) is 0 Å². The van der Waals surface area contributed by atoms with Crippen LogP contribution in [0.5, 0.6) is 11.5 Å². The van der Waals surface area contributed by atoms with Crippen molar-refractivity contribution >= 4 is 23.7 Å². The zero-order valence-corrected chi connectivity index (χ0v) is 15.9. The van der Waals surface area contributed by atoms with Crippen molar-refractivity contribution in [2.24, 2.45) is 5.10 Å². The fourth-order valence-electron chi connectivity index (χ4n) is 2.54. The van der Waals surface area contributed by atoms with Crippen LogP contribution in [0.15, 0.2) is 71.8 Å². The Labute approximate surface area is 171 Å². The second kappa shape index (κ2) is 9.33. The van der Waals surface area contributed by atoms with Gasteiger partial charge in [0.1, 0.15) is 5.82 Å². The molecule has 7 nitrogen and oxygen atoms in total. The molecule has 3 rings (SSSR count). The Kier molecular flexibility index (Phi) is 6.39. The molecule has 0 aliphatic heterocycles. The number of nitrogens with one attached hydrogen (secondary N) is 2. The summed E-state index contributed by atoms with van der Waals surface area (Å²) in [6.07, 6.45) is 1.30. The maximum Gasteiger partial charge on any atom is 0.271 e. The van der Waals surface area contributed by atoms with Gasteiger partial charge in [0.25, 0.3) is 11.8 Å². The molecule has 3 aromatic carbocycles. The number of rotatable bonds is 6. The van der Waals surface area contributed by atoms with Crippen LogP contribution >= 0.6 is 0 Å². The van der Waals surface area contributed by atoms with Crippen molar-refractivity contribution in [2.75, 3.05) is 12.4 Å². The number of benzene rings is 3. The van der Waals surface area contributed by atoms with E-state index < -0.39 is 17.6 Å². The van der Waals surface area contributed by atoms with E-state index in [0.29, 0.717) is 28.1 Å². The molecule has 8 heteroatoms. The van der Waals surface area contributed by atoms with Crippen LogP contribution in [0.3, 0.4) is 0 Å². The van der Waals surface area contributed by atoms with Crippen LogP contribution in [0.4, 0.5) is 10.1 Å². The van der Waals surface area contributed by atoms with E-state index in [1.54, 1.807) is 30.3 Å². The van der Waals surface area contributed by atoms with Gasteiger partial charge in [-0.15, -0.1) is 0 Å². The van der Waals surface area contributed by atoms with Crippen LogP contribution in [-0.4, -0.2) is 30.2 Å². The lowest BCUT2D eigenvalue weighted by atomic mass is 10.1. The van der Waals surface area contributed by atoms with Crippen LogP contribution in [-0.2, 0) is 0 Å². The molecule has 0 spiro atoms. The average molecular weight is 407 g/mol. The number of halogens is 1. The van der Waals surface area contributed by atoms with Crippen LogP contribution in [0.25, 0.3) is 0 Å². The summed E-state index contributed by atoms with van der Waals surface area (Å²) in [6, 6.07) is 16.2. The minimum absolute atomic E-state index is 0.0840. The summed E-state index contributed by atoms with van der Waals surface area (Å²) in [4.78, 5) is 24.3. The molecule has 30 heavy (non-hydrogen) atoms. The Morgan fingerprint density at radius 3 is 2.27 bits per heavy atom. The predicted molar refractivity (Wildman–Crippen MR) is 111 cm³/mol. The lowest BCUT2D eigenvalue weighted by molar-refractivity contribution is 0.0954. The highest BCUT2D eigenvalue weighted by Gasteiger charge is 2.09. The standard InChI is InChI=1S/C22H18FN3O4/c1-30-19-4-2-3-16(20(19)27)13-24-26-22(29)15-7-11-18(12-8-15)25-21(28)14-5-9-17(23)10-6-14/h2-13,27H,1H3,(H,25,28)(H,26,29). The zero-order valence-electron chi connectivity index (χ0n) is 15.9. The van der Waals surface area contributed by atoms with Gasteiger partial charge < -0.3 is 15.2 Å². The quantitative estimate of drug-likeness (QED) is 0.430. The van der Waals surface area contributed by atoms with Crippen LogP contribution in [0.2, 0.25) is 0 Å². The van der Waals surface area contributed by atoms with Gasteiger partial charge in [-0.2, -0.15) is 5.10 Å². The van der Waals surface area contributed by atoms with E-state index in [1.807, 2.05) is 0 Å². The van der Waals surface area contributed by atoms with Crippen LogP contribution in [0, 0.1) is 5.82 Å². The van der Waals surface area contributed by atoms with E-state index in [2.05, 4.69) is 15.8 Å². The number of para-hydroxylation sites is 1. The lowest BCUT2D eigenvalue weighted by Gasteiger charge is -2.07. The van der Waals surface area contributed by atoms with E-state index in [9.17, 15) is 19.1 Å². The SMILES string of the molecule is COc1cccc(C=NNC(=O)c2ccc(NC(=O)c3ccc(F)cc3)cc2)c1O. The minimum Gasteiger partial charge on any atom is -0.504 e. The second-order valence-electron chi connectivity index (χ2n) is 6.14. The summed E-state index contributed by atoms with van der Waals surface area (Å²) in [7, 11) is 1.43. The van der Waals surface area contributed by atoms with Crippen molar-refractivity contribution in [1.29, 1.82) is 0 Å². The number of amides is 2. The van der Waals surface area contributed by atoms with Gasteiger partial charge in [0, 0.05) is 22.4 Å². The van der Waals surface area contributed by atoms with Crippen LogP contribution in [0.1, 0.15) is 26.3 Å². The smallest absolute Gasteiger partial charge is 0.271 e. The van der Waals surface area contributed by atoms with Crippen molar-refractivity contribution in [2.45, 2.75) is 0 Å². The van der Waals surface area contributed by atoms with Gasteiger partial charge in [0.15, 0.2) is 11.5 Å². The molecule has 0 heterocycles. The normalized spacial score (nSPS) is 10.6. The van der Waals surface area contributed by atoms with Crippen molar-refractivity contribution in [3.8, 4) is 11.5 Å². The number of hydrazone groups is 1. The van der Waals surface area contributed by atoms with E-state index >= 15 is 0 Å². The molecule has 0 saturated heterocycles. The topological polar surface area (TPSA) is 100 Å². The maximum absolute atomic E-state index is 12.9. The first-order chi connectivity index (χ1) is 14.5. The molecular weight excluding hydrogens is 389 g/mol. The Bertz CT molecular complexity index is 1080. The van der Waals surface area contributed by atoms with E-state index in [4.69, 9.17) is 4.74 Å². The number of hydrogen-bond acceptors (Lipinski definition) is 5. The van der Waals surface area contributed by atoms with E-state index in [1.165, 1.54) is 49.7 Å². The summed E-state index contributed by atoms with van der Waals surface area (Å²) in [6.45, 7) is 0. The van der Waals surface area contributed by atoms with Crippen molar-refractivity contribution < 1.29 is 23.8 Å². The summed E-state index contributed by atoms with van der Waals surface area (Å²) in [5, 5.41) is 16.5. The lowest BCUT2D eigenvalue weighted by Crippen LogP contribution is -2.18. The number of phenols is 1. The molecule has 0 aliphatic carbocycles. The van der Waals surface area contributed by atoms with Crippen LogP contribution < -0.4 is 15.5 Å². The van der Waals surface area contributed by atoms with Gasteiger partial charge in [-0.25, -0.2) is 9.82 Å². The third-order valence-corrected chi connectivity index (χ3v) is 4.13. The largest absolute Gasteiger partial charge is 0.504 e. The Morgan fingerprint density at radius 1 is 0.967 bits per heavy atom. The third-order valence-electron chi connectivity index (χ3n) is 4.13. The van der Waals surface area contributed by atoms with Gasteiger partial charge >= 0.3 is 0 Å². The van der Waals surface area contributed by atoms with Crippen molar-refractivity contribution in [3.63, 3.8) is 0 Å². The number of hydrogen-bond donors (Lipinski definition) is 3. The molecule has 152 valence electrons. The van der Waals surface area contributed by atoms with E-state index in [0.717, 1.165) is 0 Å². The highest BCUT2D eigenvalue weighted by Crippen LogP contribution is 2.27. The highest BCUT2D eigenvalue weighted by atomic mass is 19.1. The summed E-state index contributed by atoms with van der Waals surface area (Å²) in [5.74, 6) is -1.08. The number of aromatic hydroxyl groups is 1. The van der Waals surface area contributed by atoms with Gasteiger partial charge in [-0.3, -0.25) is 9.59 Å². The summed E-state index contributed by atoms with van der Waals surface area (Å²) >= 11 is 0. The monoisotopic (exact) mass is 407 g/mol. The average Bonchev–Trinajstić information content (AvgIpc) is 2.75. The first kappa shape index (κ1) is 20.5. The minimum atomic E-state index is -0.468. The Hall–Kier alpha value is -4.20.